The maximum Gasteiger partial charge on any atom is 0.245 e. The van der Waals surface area contributed by atoms with Crippen LogP contribution < -0.4 is 10.1 Å². The molecule has 0 heterocycles. The van der Waals surface area contributed by atoms with Gasteiger partial charge in [-0.25, -0.2) is 0 Å². The van der Waals surface area contributed by atoms with Gasteiger partial charge in [0.2, 0.25) is 11.8 Å². The number of rotatable bonds is 9. The molecule has 0 aliphatic rings. The summed E-state index contributed by atoms with van der Waals surface area (Å²) in [6.45, 7) is 2.29. The van der Waals surface area contributed by atoms with Gasteiger partial charge in [0.05, 0.1) is 13.7 Å². The van der Waals surface area contributed by atoms with Crippen LogP contribution in [0.5, 0.6) is 5.75 Å². The molecule has 2 aromatic carbocycles. The molecule has 1 unspecified atom stereocenters. The van der Waals surface area contributed by atoms with Crippen LogP contribution in [0.3, 0.4) is 0 Å². The molecule has 27 heavy (non-hydrogen) atoms. The number of nitrogens with one attached hydrogen (secondary N) is 1. The van der Waals surface area contributed by atoms with Crippen LogP contribution in [-0.2, 0) is 27.4 Å². The zero-order chi connectivity index (χ0) is 19.6. The van der Waals surface area contributed by atoms with E-state index in [9.17, 15) is 9.59 Å². The summed E-state index contributed by atoms with van der Waals surface area (Å²) in [5, 5.41) is 2.89. The molecular formula is C21H26N2O4. The first-order valence-electron chi connectivity index (χ1n) is 8.76. The largest absolute Gasteiger partial charge is 0.497 e. The molecule has 2 amide bonds. The highest BCUT2D eigenvalue weighted by Gasteiger charge is 2.28. The third-order valence-corrected chi connectivity index (χ3v) is 4.23. The lowest BCUT2D eigenvalue weighted by Crippen LogP contribution is -2.50. The lowest BCUT2D eigenvalue weighted by atomic mass is 10.1. The van der Waals surface area contributed by atoms with E-state index in [4.69, 9.17) is 9.47 Å². The van der Waals surface area contributed by atoms with E-state index in [0.717, 1.165) is 16.9 Å². The summed E-state index contributed by atoms with van der Waals surface area (Å²) in [5.74, 6) is 0.300. The summed E-state index contributed by atoms with van der Waals surface area (Å²) in [6.07, 6.45) is 0. The zero-order valence-electron chi connectivity index (χ0n) is 16.0. The molecule has 0 saturated heterocycles. The Bertz CT molecular complexity index is 732. The molecule has 2 rings (SSSR count). The van der Waals surface area contributed by atoms with Gasteiger partial charge in [0, 0.05) is 27.1 Å². The van der Waals surface area contributed by atoms with Crippen molar-refractivity contribution >= 4 is 11.8 Å². The number of amides is 2. The van der Waals surface area contributed by atoms with Crippen LogP contribution in [0.4, 0.5) is 0 Å². The van der Waals surface area contributed by atoms with Crippen molar-refractivity contribution in [2.45, 2.75) is 26.1 Å². The molecule has 0 fully saturated rings. The maximum absolute atomic E-state index is 12.7. The first-order valence-corrected chi connectivity index (χ1v) is 8.76. The third kappa shape index (κ3) is 6.11. The van der Waals surface area contributed by atoms with E-state index in [2.05, 4.69) is 5.32 Å². The van der Waals surface area contributed by atoms with Crippen LogP contribution in [-0.4, -0.2) is 43.6 Å². The monoisotopic (exact) mass is 370 g/mol. The highest BCUT2D eigenvalue weighted by atomic mass is 16.5. The normalized spacial score (nSPS) is 11.5. The van der Waals surface area contributed by atoms with Gasteiger partial charge in [-0.3, -0.25) is 9.59 Å². The molecule has 0 aromatic heterocycles. The number of nitrogens with zero attached hydrogens (tertiary/aromatic N) is 1. The average molecular weight is 370 g/mol. The highest BCUT2D eigenvalue weighted by Crippen LogP contribution is 2.15. The quantitative estimate of drug-likeness (QED) is 0.736. The number of methoxy groups -OCH3 is 2. The summed E-state index contributed by atoms with van der Waals surface area (Å²) in [6, 6.07) is 16.3. The molecule has 0 bridgehead atoms. The van der Waals surface area contributed by atoms with E-state index in [-0.39, 0.29) is 18.4 Å². The minimum absolute atomic E-state index is 0.121. The Morgan fingerprint density at radius 3 is 2.22 bits per heavy atom. The summed E-state index contributed by atoms with van der Waals surface area (Å²) in [4.78, 5) is 26.5. The van der Waals surface area contributed by atoms with Crippen molar-refractivity contribution in [2.75, 3.05) is 20.8 Å². The van der Waals surface area contributed by atoms with Gasteiger partial charge in [0.1, 0.15) is 11.8 Å². The molecule has 6 nitrogen and oxygen atoms in total. The number of benzene rings is 2. The number of carbonyl (C=O) groups excluding carboxylic acids is 2. The Hall–Kier alpha value is -2.86. The van der Waals surface area contributed by atoms with Crippen molar-refractivity contribution in [3.8, 4) is 5.75 Å². The Morgan fingerprint density at radius 2 is 1.67 bits per heavy atom. The van der Waals surface area contributed by atoms with Crippen LogP contribution in [0, 0.1) is 0 Å². The Labute approximate surface area is 160 Å². The summed E-state index contributed by atoms with van der Waals surface area (Å²) in [5.41, 5.74) is 1.90. The summed E-state index contributed by atoms with van der Waals surface area (Å²) >= 11 is 0. The zero-order valence-corrected chi connectivity index (χ0v) is 16.0. The van der Waals surface area contributed by atoms with E-state index in [1.807, 2.05) is 54.6 Å². The molecule has 0 saturated carbocycles. The molecule has 0 spiro atoms. The van der Waals surface area contributed by atoms with Gasteiger partial charge in [0.25, 0.3) is 0 Å². The van der Waals surface area contributed by atoms with E-state index in [1.54, 1.807) is 7.11 Å². The van der Waals surface area contributed by atoms with Gasteiger partial charge < -0.3 is 19.7 Å². The van der Waals surface area contributed by atoms with Gasteiger partial charge in [0.15, 0.2) is 0 Å². The van der Waals surface area contributed by atoms with Crippen molar-refractivity contribution in [2.24, 2.45) is 0 Å². The van der Waals surface area contributed by atoms with Crippen molar-refractivity contribution in [3.63, 3.8) is 0 Å². The molecule has 6 heteroatoms. The fraction of sp³-hybridized carbons (Fsp3) is 0.333. The number of hydrogen-bond donors (Lipinski definition) is 1. The van der Waals surface area contributed by atoms with E-state index < -0.39 is 6.04 Å². The number of hydrogen-bond acceptors (Lipinski definition) is 4. The molecule has 1 atom stereocenters. The second kappa shape index (κ2) is 10.3. The first-order chi connectivity index (χ1) is 13.0. The smallest absolute Gasteiger partial charge is 0.245 e. The molecule has 2 aromatic rings. The lowest BCUT2D eigenvalue weighted by molar-refractivity contribution is -0.141. The van der Waals surface area contributed by atoms with E-state index in [1.165, 1.54) is 18.9 Å². The minimum atomic E-state index is -0.710. The Morgan fingerprint density at radius 1 is 1.00 bits per heavy atom. The number of carbonyl (C=O) groups is 2. The SMILES string of the molecule is COCC(C(=O)NCc1ccccc1)N(Cc1ccc(OC)cc1)C(C)=O. The minimum Gasteiger partial charge on any atom is -0.497 e. The highest BCUT2D eigenvalue weighted by molar-refractivity contribution is 5.87. The molecule has 144 valence electrons. The summed E-state index contributed by atoms with van der Waals surface area (Å²) < 4.78 is 10.4. The van der Waals surface area contributed by atoms with Crippen molar-refractivity contribution in [1.82, 2.24) is 10.2 Å². The molecule has 0 aliphatic heterocycles. The predicted molar refractivity (Wildman–Crippen MR) is 103 cm³/mol. The molecule has 0 aliphatic carbocycles. The van der Waals surface area contributed by atoms with Crippen molar-refractivity contribution in [1.29, 1.82) is 0 Å². The average Bonchev–Trinajstić information content (AvgIpc) is 2.70. The standard InChI is InChI=1S/C21H26N2O4/c1-16(24)23(14-18-9-11-19(27-3)12-10-18)20(15-26-2)21(25)22-13-17-7-5-4-6-8-17/h4-12,20H,13-15H2,1-3H3,(H,22,25). The second-order valence-electron chi connectivity index (χ2n) is 6.17. The Balaban J connectivity index is 2.10. The molecule has 1 N–H and O–H groups in total. The van der Waals surface area contributed by atoms with Gasteiger partial charge in [-0.1, -0.05) is 42.5 Å². The lowest BCUT2D eigenvalue weighted by Gasteiger charge is -2.29. The molecule has 0 radical (unpaired) electrons. The predicted octanol–water partition coefficient (Wildman–Crippen LogP) is 2.38. The maximum atomic E-state index is 12.7. The van der Waals surface area contributed by atoms with Gasteiger partial charge in [-0.05, 0) is 23.3 Å². The van der Waals surface area contributed by atoms with Gasteiger partial charge >= 0.3 is 0 Å². The number of ether oxygens (including phenoxy) is 2. The van der Waals surface area contributed by atoms with Crippen LogP contribution in [0.25, 0.3) is 0 Å². The Kier molecular flexibility index (Phi) is 7.82. The summed E-state index contributed by atoms with van der Waals surface area (Å²) in [7, 11) is 3.12. The second-order valence-corrected chi connectivity index (χ2v) is 6.17. The van der Waals surface area contributed by atoms with E-state index >= 15 is 0 Å². The molecular weight excluding hydrogens is 344 g/mol. The van der Waals surface area contributed by atoms with Gasteiger partial charge in [-0.15, -0.1) is 0 Å². The van der Waals surface area contributed by atoms with Crippen LogP contribution >= 0.6 is 0 Å². The van der Waals surface area contributed by atoms with E-state index in [0.29, 0.717) is 13.1 Å². The van der Waals surface area contributed by atoms with Gasteiger partial charge in [-0.2, -0.15) is 0 Å². The van der Waals surface area contributed by atoms with Crippen molar-refractivity contribution in [3.05, 3.63) is 65.7 Å². The fourth-order valence-electron chi connectivity index (χ4n) is 2.74. The van der Waals surface area contributed by atoms with Crippen molar-refractivity contribution < 1.29 is 19.1 Å². The van der Waals surface area contributed by atoms with Crippen LogP contribution in [0.2, 0.25) is 0 Å². The third-order valence-electron chi connectivity index (χ3n) is 4.23. The fourth-order valence-corrected chi connectivity index (χ4v) is 2.74. The topological polar surface area (TPSA) is 67.9 Å². The van der Waals surface area contributed by atoms with Crippen LogP contribution in [0.15, 0.2) is 54.6 Å². The first kappa shape index (κ1) is 20.5. The van der Waals surface area contributed by atoms with Crippen LogP contribution in [0.1, 0.15) is 18.1 Å².